The van der Waals surface area contributed by atoms with Crippen LogP contribution in [0.1, 0.15) is 19.0 Å². The second kappa shape index (κ2) is 11.7. The monoisotopic (exact) mass is 356 g/mol. The number of nitrogens with zero attached hydrogens (tertiary/aromatic N) is 2. The predicted octanol–water partition coefficient (Wildman–Crippen LogP) is 2.66. The summed E-state index contributed by atoms with van der Waals surface area (Å²) in [6.07, 6.45) is 3.53. The lowest BCUT2D eigenvalue weighted by atomic mass is 10.3. The van der Waals surface area contributed by atoms with Crippen molar-refractivity contribution in [1.29, 1.82) is 0 Å². The molecule has 2 rings (SSSR count). The van der Waals surface area contributed by atoms with Crippen LogP contribution in [-0.2, 0) is 6.42 Å². The minimum absolute atomic E-state index is 0.628. The molecule has 0 aliphatic heterocycles. The summed E-state index contributed by atoms with van der Waals surface area (Å²) >= 11 is 0. The van der Waals surface area contributed by atoms with Gasteiger partial charge in [0.2, 0.25) is 0 Å². The highest BCUT2D eigenvalue weighted by molar-refractivity contribution is 5.79. The van der Waals surface area contributed by atoms with Gasteiger partial charge in [0.25, 0.3) is 0 Å². The van der Waals surface area contributed by atoms with Crippen LogP contribution >= 0.6 is 0 Å². The molecule has 0 aliphatic carbocycles. The largest absolute Gasteiger partial charge is 0.497 e. The van der Waals surface area contributed by atoms with Crippen LogP contribution < -0.4 is 20.1 Å². The molecule has 0 amide bonds. The molecule has 1 aromatic carbocycles. The fraction of sp³-hybridized carbons (Fsp3) is 0.400. The Morgan fingerprint density at radius 1 is 1.08 bits per heavy atom. The summed E-state index contributed by atoms with van der Waals surface area (Å²) in [5.41, 5.74) is 1.07. The Morgan fingerprint density at radius 3 is 2.58 bits per heavy atom. The van der Waals surface area contributed by atoms with E-state index >= 15 is 0 Å². The number of ether oxygens (including phenoxy) is 2. The molecule has 6 heteroatoms. The second-order valence-electron chi connectivity index (χ2n) is 5.64. The van der Waals surface area contributed by atoms with Crippen LogP contribution in [0.2, 0.25) is 0 Å². The molecule has 0 unspecified atom stereocenters. The van der Waals surface area contributed by atoms with Gasteiger partial charge < -0.3 is 20.1 Å². The van der Waals surface area contributed by atoms with Crippen LogP contribution in [0.15, 0.2) is 53.7 Å². The first kappa shape index (κ1) is 19.6. The van der Waals surface area contributed by atoms with Crippen molar-refractivity contribution in [3.05, 3.63) is 54.4 Å². The Morgan fingerprint density at radius 2 is 1.88 bits per heavy atom. The fourth-order valence-electron chi connectivity index (χ4n) is 2.31. The topological polar surface area (TPSA) is 67.8 Å². The second-order valence-corrected chi connectivity index (χ2v) is 5.64. The number of hydrogen-bond acceptors (Lipinski definition) is 4. The number of nitrogens with one attached hydrogen (secondary N) is 2. The zero-order chi connectivity index (χ0) is 18.5. The van der Waals surface area contributed by atoms with Crippen molar-refractivity contribution in [1.82, 2.24) is 15.6 Å². The third-order valence-electron chi connectivity index (χ3n) is 3.64. The zero-order valence-corrected chi connectivity index (χ0v) is 15.6. The standard InChI is InChI=1S/C20H28N4O2/c1-3-21-20(24-15-12-17-7-4-5-13-22-17)23-14-6-16-26-19-10-8-18(25-2)9-11-19/h4-5,7-11,13H,3,6,12,14-16H2,1-2H3,(H2,21,23,24). The molecule has 0 bridgehead atoms. The molecule has 0 spiro atoms. The van der Waals surface area contributed by atoms with Crippen molar-refractivity contribution >= 4 is 5.96 Å². The van der Waals surface area contributed by atoms with E-state index in [0.29, 0.717) is 13.2 Å². The minimum atomic E-state index is 0.628. The van der Waals surface area contributed by atoms with Crippen molar-refractivity contribution in [3.8, 4) is 11.5 Å². The summed E-state index contributed by atoms with van der Waals surface area (Å²) in [7, 11) is 1.65. The molecule has 26 heavy (non-hydrogen) atoms. The Labute approximate surface area is 155 Å². The van der Waals surface area contributed by atoms with Gasteiger partial charge in [0.1, 0.15) is 11.5 Å². The van der Waals surface area contributed by atoms with E-state index in [1.54, 1.807) is 7.11 Å². The van der Waals surface area contributed by atoms with Crippen LogP contribution in [0.4, 0.5) is 0 Å². The molecule has 1 aromatic heterocycles. The highest BCUT2D eigenvalue weighted by Gasteiger charge is 1.99. The van der Waals surface area contributed by atoms with Crippen LogP contribution in [0.25, 0.3) is 0 Å². The van der Waals surface area contributed by atoms with Crippen molar-refractivity contribution in [3.63, 3.8) is 0 Å². The lowest BCUT2D eigenvalue weighted by Gasteiger charge is -2.11. The van der Waals surface area contributed by atoms with Crippen LogP contribution in [0, 0.1) is 0 Å². The van der Waals surface area contributed by atoms with Gasteiger partial charge in [-0.25, -0.2) is 0 Å². The highest BCUT2D eigenvalue weighted by atomic mass is 16.5. The Balaban J connectivity index is 1.67. The van der Waals surface area contributed by atoms with E-state index in [4.69, 9.17) is 9.47 Å². The third-order valence-corrected chi connectivity index (χ3v) is 3.64. The highest BCUT2D eigenvalue weighted by Crippen LogP contribution is 2.16. The first-order valence-electron chi connectivity index (χ1n) is 9.00. The Hall–Kier alpha value is -2.76. The van der Waals surface area contributed by atoms with Crippen molar-refractivity contribution in [2.45, 2.75) is 19.8 Å². The van der Waals surface area contributed by atoms with E-state index < -0.39 is 0 Å². The Bertz CT molecular complexity index is 645. The first-order valence-corrected chi connectivity index (χ1v) is 9.00. The van der Waals surface area contributed by atoms with Gasteiger partial charge in [-0.05, 0) is 43.3 Å². The minimum Gasteiger partial charge on any atom is -0.497 e. The lowest BCUT2D eigenvalue weighted by molar-refractivity contribution is 0.312. The van der Waals surface area contributed by atoms with Crippen LogP contribution in [0.3, 0.4) is 0 Å². The third kappa shape index (κ3) is 7.42. The van der Waals surface area contributed by atoms with Gasteiger partial charge in [-0.3, -0.25) is 9.98 Å². The fourth-order valence-corrected chi connectivity index (χ4v) is 2.31. The number of benzene rings is 1. The van der Waals surface area contributed by atoms with Gasteiger partial charge in [-0.1, -0.05) is 6.07 Å². The van der Waals surface area contributed by atoms with E-state index in [1.807, 2.05) is 48.7 Å². The number of pyridine rings is 1. The summed E-state index contributed by atoms with van der Waals surface area (Å²) in [5, 5.41) is 6.59. The zero-order valence-electron chi connectivity index (χ0n) is 15.6. The van der Waals surface area contributed by atoms with E-state index in [-0.39, 0.29) is 0 Å². The first-order chi connectivity index (χ1) is 12.8. The summed E-state index contributed by atoms with van der Waals surface area (Å²) in [6, 6.07) is 13.6. The number of hydrogen-bond donors (Lipinski definition) is 2. The molecule has 6 nitrogen and oxygen atoms in total. The Kier molecular flexibility index (Phi) is 8.83. The van der Waals surface area contributed by atoms with E-state index in [0.717, 1.165) is 49.1 Å². The number of methoxy groups -OCH3 is 1. The maximum atomic E-state index is 5.71. The summed E-state index contributed by atoms with van der Waals surface area (Å²) in [5.74, 6) is 2.50. The van der Waals surface area contributed by atoms with Gasteiger partial charge in [0.15, 0.2) is 5.96 Å². The maximum absolute atomic E-state index is 5.71. The molecular weight excluding hydrogens is 328 g/mol. The van der Waals surface area contributed by atoms with E-state index in [1.165, 1.54) is 0 Å². The molecule has 0 radical (unpaired) electrons. The van der Waals surface area contributed by atoms with Crippen molar-refractivity contribution < 1.29 is 9.47 Å². The molecule has 0 fully saturated rings. The number of guanidine groups is 1. The summed E-state index contributed by atoms with van der Waals surface area (Å²) in [4.78, 5) is 8.90. The molecule has 0 aliphatic rings. The van der Waals surface area contributed by atoms with Gasteiger partial charge >= 0.3 is 0 Å². The van der Waals surface area contributed by atoms with Crippen LogP contribution in [0.5, 0.6) is 11.5 Å². The maximum Gasteiger partial charge on any atom is 0.191 e. The molecule has 0 saturated carbocycles. The molecule has 0 atom stereocenters. The summed E-state index contributed by atoms with van der Waals surface area (Å²) in [6.45, 7) is 5.02. The average Bonchev–Trinajstić information content (AvgIpc) is 2.69. The van der Waals surface area contributed by atoms with Gasteiger partial charge in [0.05, 0.1) is 13.7 Å². The molecule has 1 heterocycles. The lowest BCUT2D eigenvalue weighted by Crippen LogP contribution is -2.38. The smallest absolute Gasteiger partial charge is 0.191 e. The molecular formula is C20H28N4O2. The number of aromatic nitrogens is 1. The van der Waals surface area contributed by atoms with Crippen molar-refractivity contribution in [2.24, 2.45) is 4.99 Å². The molecule has 140 valence electrons. The molecule has 0 saturated heterocycles. The van der Waals surface area contributed by atoms with Crippen molar-refractivity contribution in [2.75, 3.05) is 33.4 Å². The summed E-state index contributed by atoms with van der Waals surface area (Å²) < 4.78 is 10.8. The molecule has 2 N–H and O–H groups in total. The average molecular weight is 356 g/mol. The number of rotatable bonds is 10. The van der Waals surface area contributed by atoms with Crippen LogP contribution in [-0.4, -0.2) is 44.3 Å². The predicted molar refractivity (Wildman–Crippen MR) is 105 cm³/mol. The number of aliphatic imine (C=N–C) groups is 1. The van der Waals surface area contributed by atoms with Gasteiger partial charge in [-0.2, -0.15) is 0 Å². The molecule has 2 aromatic rings. The van der Waals surface area contributed by atoms with Gasteiger partial charge in [0, 0.05) is 44.4 Å². The van der Waals surface area contributed by atoms with E-state index in [9.17, 15) is 0 Å². The van der Waals surface area contributed by atoms with E-state index in [2.05, 4.69) is 27.5 Å². The quantitative estimate of drug-likeness (QED) is 0.389. The van der Waals surface area contributed by atoms with Gasteiger partial charge in [-0.15, -0.1) is 0 Å². The SMILES string of the molecule is CCNC(=NCCCOc1ccc(OC)cc1)NCCc1ccccn1. The normalized spacial score (nSPS) is 11.1.